The van der Waals surface area contributed by atoms with E-state index < -0.39 is 17.8 Å². The fraction of sp³-hybridized carbons (Fsp3) is 0.118. The second kappa shape index (κ2) is 7.22. The first-order chi connectivity index (χ1) is 11.0. The summed E-state index contributed by atoms with van der Waals surface area (Å²) < 4.78 is 4.64. The van der Waals surface area contributed by atoms with Gasteiger partial charge in [-0.05, 0) is 36.8 Å². The van der Waals surface area contributed by atoms with Crippen LogP contribution in [0.25, 0.3) is 0 Å². The molecule has 0 atom stereocenters. The van der Waals surface area contributed by atoms with Crippen molar-refractivity contribution in [3.63, 3.8) is 0 Å². The van der Waals surface area contributed by atoms with Gasteiger partial charge in [0.1, 0.15) is 0 Å². The highest BCUT2D eigenvalue weighted by atomic mass is 16.5. The lowest BCUT2D eigenvalue weighted by molar-refractivity contribution is -0.133. The van der Waals surface area contributed by atoms with Crippen LogP contribution in [0.15, 0.2) is 48.5 Å². The van der Waals surface area contributed by atoms with Crippen molar-refractivity contribution in [3.05, 3.63) is 59.7 Å². The molecule has 0 radical (unpaired) electrons. The predicted molar refractivity (Wildman–Crippen MR) is 86.2 cm³/mol. The fourth-order valence-corrected chi connectivity index (χ4v) is 1.97. The summed E-state index contributed by atoms with van der Waals surface area (Å²) in [7, 11) is 1.24. The van der Waals surface area contributed by atoms with Crippen LogP contribution in [0.1, 0.15) is 15.9 Å². The molecule has 0 aliphatic rings. The van der Waals surface area contributed by atoms with Gasteiger partial charge in [-0.15, -0.1) is 0 Å². The monoisotopic (exact) mass is 312 g/mol. The van der Waals surface area contributed by atoms with Crippen LogP contribution in [0.3, 0.4) is 0 Å². The number of hydrogen-bond acceptors (Lipinski definition) is 4. The van der Waals surface area contributed by atoms with E-state index in [1.165, 1.54) is 19.2 Å². The maximum absolute atomic E-state index is 12.0. The largest absolute Gasteiger partial charge is 0.465 e. The van der Waals surface area contributed by atoms with Gasteiger partial charge >= 0.3 is 17.8 Å². The topological polar surface area (TPSA) is 84.5 Å². The molecule has 6 heteroatoms. The Labute approximate surface area is 133 Å². The molecule has 0 spiro atoms. The molecule has 0 bridgehead atoms. The van der Waals surface area contributed by atoms with Gasteiger partial charge in [-0.1, -0.05) is 24.3 Å². The highest BCUT2D eigenvalue weighted by molar-refractivity contribution is 6.43. The number of ether oxygens (including phenoxy) is 1. The number of benzene rings is 2. The van der Waals surface area contributed by atoms with Gasteiger partial charge in [-0.25, -0.2) is 4.79 Å². The number of para-hydroxylation sites is 1. The summed E-state index contributed by atoms with van der Waals surface area (Å²) in [5, 5.41) is 4.91. The number of anilines is 2. The van der Waals surface area contributed by atoms with Gasteiger partial charge < -0.3 is 15.4 Å². The zero-order chi connectivity index (χ0) is 16.8. The van der Waals surface area contributed by atoms with Crippen molar-refractivity contribution >= 4 is 29.2 Å². The first-order valence-corrected chi connectivity index (χ1v) is 6.87. The summed E-state index contributed by atoms with van der Waals surface area (Å²) in [6.07, 6.45) is 0. The van der Waals surface area contributed by atoms with E-state index in [-0.39, 0.29) is 11.3 Å². The van der Waals surface area contributed by atoms with Crippen molar-refractivity contribution in [3.8, 4) is 0 Å². The Balaban J connectivity index is 2.10. The molecule has 2 N–H and O–H groups in total. The molecule has 2 rings (SSSR count). The smallest absolute Gasteiger partial charge is 0.339 e. The molecule has 0 saturated carbocycles. The van der Waals surface area contributed by atoms with Crippen molar-refractivity contribution < 1.29 is 19.1 Å². The summed E-state index contributed by atoms with van der Waals surface area (Å²) in [6, 6.07) is 13.4. The Morgan fingerprint density at radius 2 is 1.61 bits per heavy atom. The molecule has 6 nitrogen and oxygen atoms in total. The maximum atomic E-state index is 12.0. The van der Waals surface area contributed by atoms with Crippen LogP contribution in [0.2, 0.25) is 0 Å². The number of amides is 2. The number of esters is 1. The highest BCUT2D eigenvalue weighted by Crippen LogP contribution is 2.16. The summed E-state index contributed by atoms with van der Waals surface area (Å²) in [4.78, 5) is 35.6. The second-order valence-corrected chi connectivity index (χ2v) is 4.81. The van der Waals surface area contributed by atoms with E-state index in [0.29, 0.717) is 5.69 Å². The molecule has 0 saturated heterocycles. The maximum Gasteiger partial charge on any atom is 0.339 e. The third kappa shape index (κ3) is 4.16. The van der Waals surface area contributed by atoms with E-state index in [9.17, 15) is 14.4 Å². The minimum atomic E-state index is -0.872. The van der Waals surface area contributed by atoms with Crippen LogP contribution >= 0.6 is 0 Å². The molecular formula is C17H16N2O4. The van der Waals surface area contributed by atoms with E-state index in [1.807, 2.05) is 13.0 Å². The lowest BCUT2D eigenvalue weighted by atomic mass is 10.2. The van der Waals surface area contributed by atoms with E-state index in [1.54, 1.807) is 30.3 Å². The summed E-state index contributed by atoms with van der Waals surface area (Å²) in [6.45, 7) is 1.88. The summed E-state index contributed by atoms with van der Waals surface area (Å²) in [5.41, 5.74) is 1.86. The Bertz CT molecular complexity index is 756. The van der Waals surface area contributed by atoms with Crippen molar-refractivity contribution in [2.45, 2.75) is 6.92 Å². The zero-order valence-corrected chi connectivity index (χ0v) is 12.8. The number of aryl methyl sites for hydroxylation is 1. The SMILES string of the molecule is COC(=O)c1ccccc1NC(=O)C(=O)Nc1cccc(C)c1. The van der Waals surface area contributed by atoms with E-state index in [2.05, 4.69) is 15.4 Å². The van der Waals surface area contributed by atoms with Gasteiger partial charge in [0.15, 0.2) is 0 Å². The molecule has 0 aliphatic carbocycles. The van der Waals surface area contributed by atoms with Crippen molar-refractivity contribution in [1.29, 1.82) is 0 Å². The second-order valence-electron chi connectivity index (χ2n) is 4.81. The van der Waals surface area contributed by atoms with Crippen molar-refractivity contribution in [2.24, 2.45) is 0 Å². The van der Waals surface area contributed by atoms with E-state index in [4.69, 9.17) is 0 Å². The standard InChI is InChI=1S/C17H16N2O4/c1-11-6-5-7-12(10-11)18-15(20)16(21)19-14-9-4-3-8-13(14)17(22)23-2/h3-10H,1-2H3,(H,18,20)(H,19,21). The first-order valence-electron chi connectivity index (χ1n) is 6.87. The van der Waals surface area contributed by atoms with Crippen LogP contribution in [0, 0.1) is 6.92 Å². The predicted octanol–water partition coefficient (Wildman–Crippen LogP) is 2.36. The number of carbonyl (C=O) groups is 3. The van der Waals surface area contributed by atoms with E-state index >= 15 is 0 Å². The first kappa shape index (κ1) is 16.2. The Morgan fingerprint density at radius 3 is 2.30 bits per heavy atom. The van der Waals surface area contributed by atoms with Gasteiger partial charge in [0.25, 0.3) is 0 Å². The van der Waals surface area contributed by atoms with Gasteiger partial charge in [0.05, 0.1) is 18.4 Å². The van der Waals surface area contributed by atoms with E-state index in [0.717, 1.165) is 5.56 Å². The van der Waals surface area contributed by atoms with Gasteiger partial charge in [0.2, 0.25) is 0 Å². The molecule has 2 aromatic carbocycles. The van der Waals surface area contributed by atoms with Crippen LogP contribution in [0.5, 0.6) is 0 Å². The minimum absolute atomic E-state index is 0.173. The lowest BCUT2D eigenvalue weighted by Crippen LogP contribution is -2.29. The molecule has 0 aliphatic heterocycles. The number of carbonyl (C=O) groups excluding carboxylic acids is 3. The highest BCUT2D eigenvalue weighted by Gasteiger charge is 2.18. The van der Waals surface area contributed by atoms with Crippen LogP contribution in [-0.4, -0.2) is 24.9 Å². The average Bonchev–Trinajstić information content (AvgIpc) is 2.54. The third-order valence-corrected chi connectivity index (χ3v) is 3.06. The van der Waals surface area contributed by atoms with Crippen LogP contribution in [-0.2, 0) is 14.3 Å². The Kier molecular flexibility index (Phi) is 5.09. The molecule has 0 heterocycles. The average molecular weight is 312 g/mol. The molecule has 0 aromatic heterocycles. The molecule has 118 valence electrons. The third-order valence-electron chi connectivity index (χ3n) is 3.06. The Morgan fingerprint density at radius 1 is 0.913 bits per heavy atom. The van der Waals surface area contributed by atoms with Gasteiger partial charge in [-0.3, -0.25) is 9.59 Å². The molecule has 23 heavy (non-hydrogen) atoms. The van der Waals surface area contributed by atoms with Crippen molar-refractivity contribution in [1.82, 2.24) is 0 Å². The molecule has 0 fully saturated rings. The normalized spacial score (nSPS) is 9.83. The lowest BCUT2D eigenvalue weighted by Gasteiger charge is -2.10. The van der Waals surface area contributed by atoms with Crippen LogP contribution in [0.4, 0.5) is 11.4 Å². The number of nitrogens with one attached hydrogen (secondary N) is 2. The number of rotatable bonds is 3. The molecular weight excluding hydrogens is 296 g/mol. The number of methoxy groups -OCH3 is 1. The Hall–Kier alpha value is -3.15. The fourth-order valence-electron chi connectivity index (χ4n) is 1.97. The summed E-state index contributed by atoms with van der Waals surface area (Å²) >= 11 is 0. The van der Waals surface area contributed by atoms with Crippen molar-refractivity contribution in [2.75, 3.05) is 17.7 Å². The molecule has 2 aromatic rings. The van der Waals surface area contributed by atoms with Gasteiger partial charge in [-0.2, -0.15) is 0 Å². The molecule has 0 unspecified atom stereocenters. The van der Waals surface area contributed by atoms with Gasteiger partial charge in [0, 0.05) is 5.69 Å². The number of hydrogen-bond donors (Lipinski definition) is 2. The quantitative estimate of drug-likeness (QED) is 0.673. The minimum Gasteiger partial charge on any atom is -0.465 e. The molecule has 2 amide bonds. The van der Waals surface area contributed by atoms with Crippen LogP contribution < -0.4 is 10.6 Å². The zero-order valence-electron chi connectivity index (χ0n) is 12.8. The summed E-state index contributed by atoms with van der Waals surface area (Å²) in [5.74, 6) is -2.29.